The van der Waals surface area contributed by atoms with E-state index < -0.39 is 11.9 Å². The summed E-state index contributed by atoms with van der Waals surface area (Å²) in [7, 11) is 3.17. The number of carboxylic acids is 1. The highest BCUT2D eigenvalue weighted by atomic mass is 16.5. The van der Waals surface area contributed by atoms with E-state index in [0.29, 0.717) is 24.4 Å². The first-order valence-electron chi connectivity index (χ1n) is 6.34. The van der Waals surface area contributed by atoms with Gasteiger partial charge in [0, 0.05) is 13.6 Å². The van der Waals surface area contributed by atoms with Gasteiger partial charge < -0.3 is 15.2 Å². The Morgan fingerprint density at radius 1 is 1.40 bits per heavy atom. The predicted octanol–water partition coefficient (Wildman–Crippen LogP) is 1.95. The van der Waals surface area contributed by atoms with E-state index in [1.165, 1.54) is 4.90 Å². The number of carboxylic acid groups (broad SMARTS) is 1. The van der Waals surface area contributed by atoms with Gasteiger partial charge in [-0.15, -0.1) is 0 Å². The number of amides is 2. The molecule has 0 aliphatic carbocycles. The van der Waals surface area contributed by atoms with Gasteiger partial charge in [0.2, 0.25) is 0 Å². The monoisotopic (exact) mass is 280 g/mol. The van der Waals surface area contributed by atoms with E-state index in [9.17, 15) is 9.59 Å². The number of nitrogens with zero attached hydrogens (tertiary/aromatic N) is 1. The largest absolute Gasteiger partial charge is 0.495 e. The summed E-state index contributed by atoms with van der Waals surface area (Å²) >= 11 is 0. The third-order valence-corrected chi connectivity index (χ3v) is 3.03. The summed E-state index contributed by atoms with van der Waals surface area (Å²) in [4.78, 5) is 24.1. The Kier molecular flexibility index (Phi) is 5.83. The topological polar surface area (TPSA) is 78.9 Å². The molecule has 0 bridgehead atoms. The number of aliphatic carboxylic acids is 1. The average Bonchev–Trinajstić information content (AvgIpc) is 2.45. The first-order chi connectivity index (χ1) is 9.47. The number of rotatable bonds is 6. The number of urea groups is 1. The Balaban J connectivity index is 2.57. The smallest absolute Gasteiger partial charge is 0.321 e. The molecule has 0 aliphatic rings. The van der Waals surface area contributed by atoms with E-state index in [1.54, 1.807) is 33.2 Å². The van der Waals surface area contributed by atoms with Gasteiger partial charge in [0.15, 0.2) is 0 Å². The van der Waals surface area contributed by atoms with Crippen molar-refractivity contribution in [1.29, 1.82) is 0 Å². The predicted molar refractivity (Wildman–Crippen MR) is 76.2 cm³/mol. The first-order valence-corrected chi connectivity index (χ1v) is 6.34. The van der Waals surface area contributed by atoms with Gasteiger partial charge in [-0.2, -0.15) is 0 Å². The van der Waals surface area contributed by atoms with E-state index in [2.05, 4.69) is 5.32 Å². The van der Waals surface area contributed by atoms with Gasteiger partial charge >= 0.3 is 12.0 Å². The van der Waals surface area contributed by atoms with E-state index in [-0.39, 0.29) is 6.03 Å². The van der Waals surface area contributed by atoms with Crippen LogP contribution in [0.3, 0.4) is 0 Å². The van der Waals surface area contributed by atoms with Crippen LogP contribution in [0.5, 0.6) is 5.75 Å². The molecular weight excluding hydrogens is 260 g/mol. The lowest BCUT2D eigenvalue weighted by atomic mass is 10.1. The van der Waals surface area contributed by atoms with Crippen molar-refractivity contribution >= 4 is 17.7 Å². The standard InChI is InChI=1S/C14H20N2O4/c1-10(13(17)18)8-9-15-14(19)16(2)11-6-4-5-7-12(11)20-3/h4-7,10H,8-9H2,1-3H3,(H,15,19)(H,17,18). The van der Waals surface area contributed by atoms with Gasteiger partial charge in [-0.3, -0.25) is 9.69 Å². The molecule has 1 unspecified atom stereocenters. The van der Waals surface area contributed by atoms with Gasteiger partial charge in [-0.05, 0) is 18.6 Å². The number of carbonyl (C=O) groups is 2. The molecule has 1 atom stereocenters. The zero-order valence-corrected chi connectivity index (χ0v) is 11.9. The number of carbonyl (C=O) groups excluding carboxylic acids is 1. The van der Waals surface area contributed by atoms with Crippen LogP contribution in [0.1, 0.15) is 13.3 Å². The molecule has 0 radical (unpaired) electrons. The Morgan fingerprint density at radius 3 is 2.65 bits per heavy atom. The van der Waals surface area contributed by atoms with Crippen LogP contribution < -0.4 is 15.0 Å². The number of methoxy groups -OCH3 is 1. The summed E-state index contributed by atoms with van der Waals surface area (Å²) in [6, 6.07) is 6.88. The fourth-order valence-electron chi connectivity index (χ4n) is 1.65. The fourth-order valence-corrected chi connectivity index (χ4v) is 1.65. The van der Waals surface area contributed by atoms with Crippen molar-refractivity contribution in [2.75, 3.05) is 25.6 Å². The lowest BCUT2D eigenvalue weighted by Gasteiger charge is -2.20. The van der Waals surface area contributed by atoms with E-state index in [1.807, 2.05) is 12.1 Å². The maximum absolute atomic E-state index is 12.0. The Bertz CT molecular complexity index is 476. The third-order valence-electron chi connectivity index (χ3n) is 3.03. The van der Waals surface area contributed by atoms with Crippen molar-refractivity contribution in [2.24, 2.45) is 5.92 Å². The van der Waals surface area contributed by atoms with Gasteiger partial charge in [0.05, 0.1) is 18.7 Å². The second-order valence-corrected chi connectivity index (χ2v) is 4.49. The van der Waals surface area contributed by atoms with Crippen LogP contribution in [0.25, 0.3) is 0 Å². The maximum atomic E-state index is 12.0. The molecular formula is C14H20N2O4. The second kappa shape index (κ2) is 7.37. The summed E-state index contributed by atoms with van der Waals surface area (Å²) in [6.45, 7) is 1.92. The zero-order valence-electron chi connectivity index (χ0n) is 11.9. The molecule has 20 heavy (non-hydrogen) atoms. The van der Waals surface area contributed by atoms with Gasteiger partial charge in [0.25, 0.3) is 0 Å². The molecule has 6 heteroatoms. The summed E-state index contributed by atoms with van der Waals surface area (Å²) in [6.07, 6.45) is 0.390. The number of hydrogen-bond donors (Lipinski definition) is 2. The molecule has 2 amide bonds. The van der Waals surface area contributed by atoms with Gasteiger partial charge in [-0.1, -0.05) is 19.1 Å². The van der Waals surface area contributed by atoms with Crippen molar-refractivity contribution in [3.63, 3.8) is 0 Å². The number of ether oxygens (including phenoxy) is 1. The Labute approximate surface area is 118 Å². The van der Waals surface area contributed by atoms with Crippen molar-refractivity contribution < 1.29 is 19.4 Å². The molecule has 0 aromatic heterocycles. The van der Waals surface area contributed by atoms with Crippen molar-refractivity contribution in [3.8, 4) is 5.75 Å². The van der Waals surface area contributed by atoms with Crippen molar-refractivity contribution in [1.82, 2.24) is 5.32 Å². The molecule has 0 heterocycles. The Morgan fingerprint density at radius 2 is 2.05 bits per heavy atom. The number of hydrogen-bond acceptors (Lipinski definition) is 3. The molecule has 0 saturated carbocycles. The minimum atomic E-state index is -0.864. The summed E-state index contributed by atoms with van der Waals surface area (Å²) in [5, 5.41) is 11.4. The molecule has 0 fully saturated rings. The normalized spacial score (nSPS) is 11.6. The number of para-hydroxylation sites is 2. The van der Waals surface area contributed by atoms with Crippen LogP contribution in [0, 0.1) is 5.92 Å². The fraction of sp³-hybridized carbons (Fsp3) is 0.429. The highest BCUT2D eigenvalue weighted by Gasteiger charge is 2.15. The molecule has 6 nitrogen and oxygen atoms in total. The molecule has 1 rings (SSSR count). The number of nitrogens with one attached hydrogen (secondary N) is 1. The third kappa shape index (κ3) is 4.15. The van der Waals surface area contributed by atoms with Gasteiger partial charge in [0.1, 0.15) is 5.75 Å². The molecule has 0 aliphatic heterocycles. The molecule has 2 N–H and O–H groups in total. The van der Waals surface area contributed by atoms with Crippen LogP contribution in [0.4, 0.5) is 10.5 Å². The molecule has 0 saturated heterocycles. The van der Waals surface area contributed by atoms with Crippen LogP contribution >= 0.6 is 0 Å². The van der Waals surface area contributed by atoms with Gasteiger partial charge in [-0.25, -0.2) is 4.79 Å². The number of anilines is 1. The highest BCUT2D eigenvalue weighted by Crippen LogP contribution is 2.26. The lowest BCUT2D eigenvalue weighted by molar-refractivity contribution is -0.141. The zero-order chi connectivity index (χ0) is 15.1. The van der Waals surface area contributed by atoms with Crippen LogP contribution in [-0.2, 0) is 4.79 Å². The molecule has 0 spiro atoms. The van der Waals surface area contributed by atoms with E-state index in [4.69, 9.17) is 9.84 Å². The van der Waals surface area contributed by atoms with Crippen molar-refractivity contribution in [2.45, 2.75) is 13.3 Å². The van der Waals surface area contributed by atoms with Crippen LogP contribution in [0.2, 0.25) is 0 Å². The minimum absolute atomic E-state index is 0.299. The lowest BCUT2D eigenvalue weighted by Crippen LogP contribution is -2.38. The summed E-state index contributed by atoms with van der Waals surface area (Å²) < 4.78 is 5.19. The maximum Gasteiger partial charge on any atom is 0.321 e. The summed E-state index contributed by atoms with van der Waals surface area (Å²) in [5.74, 6) is -0.742. The molecule has 1 aromatic rings. The Hall–Kier alpha value is -2.24. The molecule has 110 valence electrons. The highest BCUT2D eigenvalue weighted by molar-refractivity contribution is 5.93. The summed E-state index contributed by atoms with van der Waals surface area (Å²) in [5.41, 5.74) is 0.652. The number of benzene rings is 1. The van der Waals surface area contributed by atoms with E-state index >= 15 is 0 Å². The second-order valence-electron chi connectivity index (χ2n) is 4.49. The van der Waals surface area contributed by atoms with Crippen LogP contribution in [0.15, 0.2) is 24.3 Å². The van der Waals surface area contributed by atoms with Crippen molar-refractivity contribution in [3.05, 3.63) is 24.3 Å². The van der Waals surface area contributed by atoms with Crippen LogP contribution in [-0.4, -0.2) is 37.8 Å². The minimum Gasteiger partial charge on any atom is -0.495 e. The quantitative estimate of drug-likeness (QED) is 0.834. The first kappa shape index (κ1) is 15.8. The van der Waals surface area contributed by atoms with E-state index in [0.717, 1.165) is 0 Å². The SMILES string of the molecule is COc1ccccc1N(C)C(=O)NCCC(C)C(=O)O. The molecule has 1 aromatic carbocycles. The average molecular weight is 280 g/mol.